The Morgan fingerprint density at radius 1 is 1.04 bits per heavy atom. The Bertz CT molecular complexity index is 1300. The van der Waals surface area contributed by atoms with E-state index >= 15 is 0 Å². The molecule has 1 fully saturated rings. The van der Waals surface area contributed by atoms with Crippen LogP contribution in [0.25, 0.3) is 0 Å². The number of urea groups is 1. The Labute approximate surface area is 269 Å². The van der Waals surface area contributed by atoms with E-state index in [4.69, 9.17) is 9.47 Å². The van der Waals surface area contributed by atoms with Crippen molar-refractivity contribution in [2.75, 3.05) is 65.9 Å². The Hall–Kier alpha value is -4.36. The van der Waals surface area contributed by atoms with E-state index in [0.717, 1.165) is 56.7 Å². The summed E-state index contributed by atoms with van der Waals surface area (Å²) in [7, 11) is 4.24. The van der Waals surface area contributed by atoms with Crippen LogP contribution in [0.5, 0.6) is 0 Å². The maximum absolute atomic E-state index is 12.6. The molecule has 0 saturated carbocycles. The lowest BCUT2D eigenvalue weighted by Crippen LogP contribution is -2.41. The smallest absolute Gasteiger partial charge is 0.337 e. The quantitative estimate of drug-likeness (QED) is 0.123. The van der Waals surface area contributed by atoms with E-state index in [0.29, 0.717) is 25.3 Å². The highest BCUT2D eigenvalue weighted by Gasteiger charge is 2.22. The van der Waals surface area contributed by atoms with Gasteiger partial charge in [0.25, 0.3) is 0 Å². The van der Waals surface area contributed by atoms with Crippen molar-refractivity contribution in [3.05, 3.63) is 77.0 Å². The van der Waals surface area contributed by atoms with Crippen molar-refractivity contribution in [3.63, 3.8) is 0 Å². The summed E-state index contributed by atoms with van der Waals surface area (Å²) in [6.07, 6.45) is 3.79. The van der Waals surface area contributed by atoms with Crippen molar-refractivity contribution in [1.82, 2.24) is 20.4 Å². The molecule has 0 radical (unpaired) electrons. The van der Waals surface area contributed by atoms with Gasteiger partial charge in [-0.05, 0) is 74.6 Å². The molecule has 0 bridgehead atoms. The fourth-order valence-corrected chi connectivity index (χ4v) is 4.83. The molecule has 0 aliphatic carbocycles. The Balaban J connectivity index is 0.000000797. The molecular weight excluding hydrogens is 600 g/mol. The zero-order valence-corrected chi connectivity index (χ0v) is 26.9. The second kappa shape index (κ2) is 20.6. The minimum Gasteiger partial charge on any atom is -0.466 e. The van der Waals surface area contributed by atoms with E-state index in [1.54, 1.807) is 7.05 Å². The van der Waals surface area contributed by atoms with Gasteiger partial charge in [-0.2, -0.15) is 0 Å². The summed E-state index contributed by atoms with van der Waals surface area (Å²) >= 11 is 0. The van der Waals surface area contributed by atoms with E-state index in [1.807, 2.05) is 19.1 Å². The summed E-state index contributed by atoms with van der Waals surface area (Å²) in [4.78, 5) is 51.1. The largest absolute Gasteiger partial charge is 0.466 e. The second-order valence-corrected chi connectivity index (χ2v) is 10.6. The first-order valence-corrected chi connectivity index (χ1v) is 15.1. The molecule has 1 saturated heterocycles. The van der Waals surface area contributed by atoms with Crippen LogP contribution in [0.2, 0.25) is 0 Å². The lowest BCUT2D eigenvalue weighted by atomic mass is 9.89. The van der Waals surface area contributed by atoms with Gasteiger partial charge in [-0.25, -0.2) is 18.4 Å². The van der Waals surface area contributed by atoms with E-state index < -0.39 is 17.6 Å². The molecule has 4 amide bonds. The van der Waals surface area contributed by atoms with E-state index in [-0.39, 0.29) is 36.4 Å². The van der Waals surface area contributed by atoms with Crippen molar-refractivity contribution in [3.8, 4) is 0 Å². The summed E-state index contributed by atoms with van der Waals surface area (Å²) in [5.74, 6) is -1.76. The number of nitrogens with zero attached hydrogens (tertiary/aromatic N) is 2. The fraction of sp³-hybridized carbons (Fsp3) is 0.455. The molecular formula is C33H45F2N5O6. The molecule has 13 heteroatoms. The number of likely N-dealkylation sites (N-methyl/N-ethyl adjacent to an activating group) is 1. The number of carbonyl (C=O) groups excluding carboxylic acids is 4. The number of nitrogens with one attached hydrogen (secondary N) is 3. The number of rotatable bonds is 14. The normalized spacial score (nSPS) is 13.8. The van der Waals surface area contributed by atoms with Crippen LogP contribution < -0.4 is 16.0 Å². The first-order chi connectivity index (χ1) is 22.1. The highest BCUT2D eigenvalue weighted by molar-refractivity contribution is 5.91. The zero-order chi connectivity index (χ0) is 33.9. The molecule has 1 heterocycles. The molecule has 46 heavy (non-hydrogen) atoms. The summed E-state index contributed by atoms with van der Waals surface area (Å²) < 4.78 is 33.7. The summed E-state index contributed by atoms with van der Waals surface area (Å²) in [5.41, 5.74) is 2.49. The molecule has 0 aromatic heterocycles. The Morgan fingerprint density at radius 2 is 1.72 bits per heavy atom. The SMILES string of the molecule is CCC(=O)Nc1cccc(C2CCN(CCCNC(=O)N(C)C/C(C(=O)OC)=C(/COC)NC=O)CC2)c1.Fc1ccccc1F. The maximum atomic E-state index is 12.6. The van der Waals surface area contributed by atoms with Gasteiger partial charge in [-0.15, -0.1) is 0 Å². The van der Waals surface area contributed by atoms with Gasteiger partial charge in [0.2, 0.25) is 12.3 Å². The van der Waals surface area contributed by atoms with Crippen molar-refractivity contribution in [2.24, 2.45) is 0 Å². The number of amides is 4. The average molecular weight is 646 g/mol. The van der Waals surface area contributed by atoms with Crippen molar-refractivity contribution >= 4 is 30.0 Å². The van der Waals surface area contributed by atoms with Gasteiger partial charge >= 0.3 is 12.0 Å². The Morgan fingerprint density at radius 3 is 2.28 bits per heavy atom. The molecule has 1 aliphatic heterocycles. The predicted molar refractivity (Wildman–Crippen MR) is 171 cm³/mol. The number of benzene rings is 2. The monoisotopic (exact) mass is 645 g/mol. The van der Waals surface area contributed by atoms with Gasteiger partial charge < -0.3 is 35.2 Å². The fourth-order valence-electron chi connectivity index (χ4n) is 4.83. The lowest BCUT2D eigenvalue weighted by molar-refractivity contribution is -0.136. The number of anilines is 1. The van der Waals surface area contributed by atoms with Crippen LogP contribution >= 0.6 is 0 Å². The number of hydrogen-bond acceptors (Lipinski definition) is 7. The first-order valence-electron chi connectivity index (χ1n) is 15.1. The van der Waals surface area contributed by atoms with E-state index in [1.165, 1.54) is 36.8 Å². The number of ether oxygens (including phenoxy) is 2. The standard InChI is InChI=1S/C27H41N5O6.C6H4F2/c1-5-25(34)30-22-9-6-8-21(16-22)20-10-14-32(15-11-20)13-7-12-28-27(36)31(2)17-23(26(35)38-4)24(18-37-3)29-19-33;7-5-3-1-2-4-6(5)8/h6,8-9,16,19-20H,5,7,10-15,17-18H2,1-4H3,(H,28,36)(H,29,33)(H,30,34);1-4H/b24-23+;. The lowest BCUT2D eigenvalue weighted by Gasteiger charge is -2.32. The van der Waals surface area contributed by atoms with Gasteiger partial charge in [-0.1, -0.05) is 31.2 Å². The number of halogens is 2. The molecule has 2 aromatic carbocycles. The topological polar surface area (TPSA) is 129 Å². The van der Waals surface area contributed by atoms with Gasteiger partial charge in [0.15, 0.2) is 11.6 Å². The van der Waals surface area contributed by atoms with Gasteiger partial charge in [-0.3, -0.25) is 9.59 Å². The van der Waals surface area contributed by atoms with Crippen LogP contribution in [0, 0.1) is 11.6 Å². The van der Waals surface area contributed by atoms with Crippen molar-refractivity contribution in [2.45, 2.75) is 38.5 Å². The van der Waals surface area contributed by atoms with E-state index in [9.17, 15) is 28.0 Å². The molecule has 0 atom stereocenters. The molecule has 11 nitrogen and oxygen atoms in total. The highest BCUT2D eigenvalue weighted by atomic mass is 19.2. The predicted octanol–water partition coefficient (Wildman–Crippen LogP) is 4.03. The number of hydrogen-bond donors (Lipinski definition) is 3. The number of carbonyl (C=O) groups is 4. The molecule has 252 valence electrons. The molecule has 3 N–H and O–H groups in total. The van der Waals surface area contributed by atoms with Crippen LogP contribution in [0.3, 0.4) is 0 Å². The number of esters is 1. The molecule has 0 spiro atoms. The van der Waals surface area contributed by atoms with E-state index in [2.05, 4.69) is 33.0 Å². The second-order valence-electron chi connectivity index (χ2n) is 10.6. The highest BCUT2D eigenvalue weighted by Crippen LogP contribution is 2.29. The zero-order valence-electron chi connectivity index (χ0n) is 26.9. The van der Waals surface area contributed by atoms with Crippen LogP contribution in [-0.2, 0) is 23.9 Å². The van der Waals surface area contributed by atoms with Gasteiger partial charge in [0.05, 0.1) is 31.5 Å². The summed E-state index contributed by atoms with van der Waals surface area (Å²) in [5, 5.41) is 8.26. The van der Waals surface area contributed by atoms with Gasteiger partial charge in [0, 0.05) is 32.8 Å². The van der Waals surface area contributed by atoms with Crippen LogP contribution in [-0.4, -0.2) is 94.7 Å². The summed E-state index contributed by atoms with van der Waals surface area (Å²) in [6, 6.07) is 12.8. The number of methoxy groups -OCH3 is 2. The van der Waals surface area contributed by atoms with Crippen molar-refractivity contribution in [1.29, 1.82) is 0 Å². The van der Waals surface area contributed by atoms with Crippen LogP contribution in [0.1, 0.15) is 44.1 Å². The third kappa shape index (κ3) is 12.9. The molecule has 1 aliphatic rings. The minimum absolute atomic E-state index is 0.00379. The molecule has 2 aromatic rings. The molecule has 3 rings (SSSR count). The van der Waals surface area contributed by atoms with Crippen LogP contribution in [0.15, 0.2) is 59.8 Å². The Kier molecular flexibility index (Phi) is 17.0. The number of likely N-dealkylation sites (tertiary alicyclic amines) is 1. The first kappa shape index (κ1) is 37.8. The average Bonchev–Trinajstić information content (AvgIpc) is 3.07. The third-order valence-electron chi connectivity index (χ3n) is 7.36. The minimum atomic E-state index is -0.799. The maximum Gasteiger partial charge on any atom is 0.337 e. The van der Waals surface area contributed by atoms with Crippen molar-refractivity contribution < 1.29 is 37.4 Å². The van der Waals surface area contributed by atoms with Gasteiger partial charge in [0.1, 0.15) is 0 Å². The van der Waals surface area contributed by atoms with Crippen LogP contribution in [0.4, 0.5) is 19.3 Å². The number of piperidine rings is 1. The third-order valence-corrected chi connectivity index (χ3v) is 7.36. The summed E-state index contributed by atoms with van der Waals surface area (Å²) in [6.45, 7) is 5.11. The molecule has 0 unspecified atom stereocenters.